The minimum atomic E-state index is -0.344. The first-order valence-electron chi connectivity index (χ1n) is 7.12. The Morgan fingerprint density at radius 3 is 2.70 bits per heavy atom. The first-order valence-corrected chi connectivity index (χ1v) is 7.12. The highest BCUT2D eigenvalue weighted by Gasteiger charge is 2.16. The Kier molecular flexibility index (Phi) is 6.52. The molecule has 0 saturated carbocycles. The van der Waals surface area contributed by atoms with Crippen LogP contribution in [0.3, 0.4) is 0 Å². The van der Waals surface area contributed by atoms with Crippen LogP contribution in [0.5, 0.6) is 0 Å². The molecular formula is C16H26N2O2. The van der Waals surface area contributed by atoms with Crippen molar-refractivity contribution in [2.24, 2.45) is 0 Å². The van der Waals surface area contributed by atoms with Crippen molar-refractivity contribution in [3.05, 3.63) is 29.3 Å². The number of nitrogens with zero attached hydrogens (tertiary/aromatic N) is 1. The highest BCUT2D eigenvalue weighted by molar-refractivity contribution is 5.79. The van der Waals surface area contributed by atoms with E-state index in [0.29, 0.717) is 6.61 Å². The molecule has 0 heterocycles. The molecule has 0 aliphatic heterocycles. The molecule has 0 spiro atoms. The van der Waals surface area contributed by atoms with Gasteiger partial charge in [-0.1, -0.05) is 25.1 Å². The zero-order valence-electron chi connectivity index (χ0n) is 13.2. The monoisotopic (exact) mass is 278 g/mol. The highest BCUT2D eigenvalue weighted by Crippen LogP contribution is 2.22. The highest BCUT2D eigenvalue weighted by atomic mass is 16.5. The van der Waals surface area contributed by atoms with Crippen LogP contribution < -0.4 is 5.32 Å². The topological polar surface area (TPSA) is 41.6 Å². The Morgan fingerprint density at radius 2 is 2.10 bits per heavy atom. The maximum Gasteiger partial charge on any atom is 0.328 e. The molecule has 20 heavy (non-hydrogen) atoms. The summed E-state index contributed by atoms with van der Waals surface area (Å²) in [5, 5.41) is 3.28. The van der Waals surface area contributed by atoms with Crippen LogP contribution in [0.15, 0.2) is 18.2 Å². The maximum absolute atomic E-state index is 11.9. The van der Waals surface area contributed by atoms with Crippen molar-refractivity contribution in [3.63, 3.8) is 0 Å². The number of ether oxygens (including phenoxy) is 1. The summed E-state index contributed by atoms with van der Waals surface area (Å²) >= 11 is 0. The Hall–Kier alpha value is -1.55. The van der Waals surface area contributed by atoms with Crippen LogP contribution in [0.4, 0.5) is 5.69 Å². The summed E-state index contributed by atoms with van der Waals surface area (Å²) in [6.07, 6.45) is 0.937. The summed E-state index contributed by atoms with van der Waals surface area (Å²) in [6, 6.07) is 5.83. The van der Waals surface area contributed by atoms with Crippen LogP contribution in [-0.4, -0.2) is 44.2 Å². The van der Waals surface area contributed by atoms with Crippen molar-refractivity contribution in [1.82, 2.24) is 4.90 Å². The van der Waals surface area contributed by atoms with E-state index >= 15 is 0 Å². The second kappa shape index (κ2) is 7.90. The molecule has 4 nitrogen and oxygen atoms in total. The molecule has 1 unspecified atom stereocenters. The molecule has 0 fully saturated rings. The quantitative estimate of drug-likeness (QED) is 0.778. The lowest BCUT2D eigenvalue weighted by Gasteiger charge is -2.19. The van der Waals surface area contributed by atoms with E-state index in [1.807, 2.05) is 45.0 Å². The van der Waals surface area contributed by atoms with Crippen LogP contribution in [-0.2, 0) is 16.0 Å². The fourth-order valence-corrected chi connectivity index (χ4v) is 1.96. The molecule has 1 aromatic carbocycles. The third kappa shape index (κ3) is 4.85. The van der Waals surface area contributed by atoms with Gasteiger partial charge in [0.05, 0.1) is 0 Å². The van der Waals surface area contributed by atoms with Crippen LogP contribution in [0.25, 0.3) is 0 Å². The normalized spacial score (nSPS) is 12.3. The molecule has 112 valence electrons. The van der Waals surface area contributed by atoms with Gasteiger partial charge in [0.25, 0.3) is 0 Å². The molecule has 1 atom stereocenters. The van der Waals surface area contributed by atoms with Gasteiger partial charge >= 0.3 is 5.97 Å². The van der Waals surface area contributed by atoms with E-state index in [9.17, 15) is 4.79 Å². The zero-order chi connectivity index (χ0) is 15.1. The van der Waals surface area contributed by atoms with Crippen molar-refractivity contribution in [3.8, 4) is 0 Å². The summed E-state index contributed by atoms with van der Waals surface area (Å²) < 4.78 is 5.26. The second-order valence-electron chi connectivity index (χ2n) is 5.30. The maximum atomic E-state index is 11.9. The van der Waals surface area contributed by atoms with Gasteiger partial charge in [0.1, 0.15) is 12.6 Å². The number of likely N-dealkylation sites (N-methyl/N-ethyl adjacent to an activating group) is 1. The van der Waals surface area contributed by atoms with Gasteiger partial charge in [-0.2, -0.15) is 0 Å². The predicted molar refractivity (Wildman–Crippen MR) is 83.2 cm³/mol. The second-order valence-corrected chi connectivity index (χ2v) is 5.30. The fraction of sp³-hybridized carbons (Fsp3) is 0.562. The first kappa shape index (κ1) is 16.5. The van der Waals surface area contributed by atoms with Gasteiger partial charge in [0.2, 0.25) is 0 Å². The number of hydrogen-bond donors (Lipinski definition) is 1. The molecular weight excluding hydrogens is 252 g/mol. The van der Waals surface area contributed by atoms with Crippen LogP contribution >= 0.6 is 0 Å². The fourth-order valence-electron chi connectivity index (χ4n) is 1.96. The van der Waals surface area contributed by atoms with Gasteiger partial charge in [-0.25, -0.2) is 4.79 Å². The molecule has 0 saturated heterocycles. The molecule has 1 rings (SSSR count). The van der Waals surface area contributed by atoms with Gasteiger partial charge < -0.3 is 15.0 Å². The number of carbonyl (C=O) groups is 1. The van der Waals surface area contributed by atoms with Gasteiger partial charge in [0.15, 0.2) is 0 Å². The summed E-state index contributed by atoms with van der Waals surface area (Å²) in [4.78, 5) is 13.9. The van der Waals surface area contributed by atoms with E-state index < -0.39 is 0 Å². The number of hydrogen-bond acceptors (Lipinski definition) is 4. The van der Waals surface area contributed by atoms with E-state index in [1.54, 1.807) is 0 Å². The zero-order valence-corrected chi connectivity index (χ0v) is 13.2. The first-order chi connectivity index (χ1) is 9.45. The number of esters is 1. The average molecular weight is 278 g/mol. The number of rotatable bonds is 7. The molecule has 1 aromatic rings. The lowest BCUT2D eigenvalue weighted by molar-refractivity contribution is -0.144. The standard InChI is InChI=1S/C16H26N2O2/c1-6-14-9-7-8-12(2)15(14)17-13(3)16(19)20-11-10-18(4)5/h7-9,13,17H,6,10-11H2,1-5H3. The van der Waals surface area contributed by atoms with E-state index in [1.165, 1.54) is 5.56 Å². The molecule has 4 heteroatoms. The van der Waals surface area contributed by atoms with Crippen molar-refractivity contribution in [2.75, 3.05) is 32.6 Å². The summed E-state index contributed by atoms with van der Waals surface area (Å²) in [6.45, 7) is 7.16. The van der Waals surface area contributed by atoms with Crippen LogP contribution in [0.1, 0.15) is 25.0 Å². The number of aryl methyl sites for hydroxylation is 2. The Bertz CT molecular complexity index is 444. The molecule has 0 amide bonds. The van der Waals surface area contributed by atoms with Crippen molar-refractivity contribution in [2.45, 2.75) is 33.2 Å². The number of benzene rings is 1. The van der Waals surface area contributed by atoms with E-state index in [2.05, 4.69) is 18.3 Å². The summed E-state index contributed by atoms with van der Waals surface area (Å²) in [7, 11) is 3.91. The predicted octanol–water partition coefficient (Wildman–Crippen LogP) is 2.46. The average Bonchev–Trinajstić information content (AvgIpc) is 2.40. The Balaban J connectivity index is 2.61. The van der Waals surface area contributed by atoms with Gasteiger partial charge in [0, 0.05) is 12.2 Å². The minimum Gasteiger partial charge on any atom is -0.463 e. The Morgan fingerprint density at radius 1 is 1.40 bits per heavy atom. The van der Waals surface area contributed by atoms with E-state index in [0.717, 1.165) is 24.2 Å². The third-order valence-electron chi connectivity index (χ3n) is 3.24. The lowest BCUT2D eigenvalue weighted by Crippen LogP contribution is -2.31. The van der Waals surface area contributed by atoms with Crippen LogP contribution in [0.2, 0.25) is 0 Å². The van der Waals surface area contributed by atoms with E-state index in [4.69, 9.17) is 4.74 Å². The number of anilines is 1. The SMILES string of the molecule is CCc1cccc(C)c1NC(C)C(=O)OCCN(C)C. The summed E-state index contributed by atoms with van der Waals surface area (Å²) in [5.74, 6) is -0.211. The lowest BCUT2D eigenvalue weighted by atomic mass is 10.1. The van der Waals surface area contributed by atoms with E-state index in [-0.39, 0.29) is 12.0 Å². The Labute approximate surface area is 122 Å². The molecule has 0 aliphatic rings. The number of nitrogens with one attached hydrogen (secondary N) is 1. The van der Waals surface area contributed by atoms with Gasteiger partial charge in [-0.15, -0.1) is 0 Å². The third-order valence-corrected chi connectivity index (χ3v) is 3.24. The molecule has 1 N–H and O–H groups in total. The molecule has 0 aliphatic carbocycles. The minimum absolute atomic E-state index is 0.211. The van der Waals surface area contributed by atoms with Crippen LogP contribution in [0, 0.1) is 6.92 Å². The smallest absolute Gasteiger partial charge is 0.328 e. The van der Waals surface area contributed by atoms with Crippen molar-refractivity contribution >= 4 is 11.7 Å². The number of para-hydroxylation sites is 1. The number of carbonyl (C=O) groups excluding carboxylic acids is 1. The van der Waals surface area contributed by atoms with Crippen molar-refractivity contribution in [1.29, 1.82) is 0 Å². The molecule has 0 bridgehead atoms. The molecule has 0 aromatic heterocycles. The largest absolute Gasteiger partial charge is 0.463 e. The van der Waals surface area contributed by atoms with Gasteiger partial charge in [-0.3, -0.25) is 0 Å². The van der Waals surface area contributed by atoms with Gasteiger partial charge in [-0.05, 0) is 45.5 Å². The van der Waals surface area contributed by atoms with Crippen molar-refractivity contribution < 1.29 is 9.53 Å². The summed E-state index contributed by atoms with van der Waals surface area (Å²) in [5.41, 5.74) is 3.42. The molecule has 0 radical (unpaired) electrons.